The van der Waals surface area contributed by atoms with E-state index in [1.54, 1.807) is 11.3 Å². The van der Waals surface area contributed by atoms with Crippen LogP contribution in [0.1, 0.15) is 32.1 Å². The van der Waals surface area contributed by atoms with Crippen LogP contribution in [0.5, 0.6) is 0 Å². The number of fused-ring (bicyclic) bond motifs is 1. The minimum Gasteiger partial charge on any atom is -0.365 e. The summed E-state index contributed by atoms with van der Waals surface area (Å²) in [4.78, 5) is 28.1. The van der Waals surface area contributed by atoms with Crippen molar-refractivity contribution in [2.75, 3.05) is 36.4 Å². The number of rotatable bonds is 4. The van der Waals surface area contributed by atoms with Crippen LogP contribution >= 0.6 is 11.3 Å². The Kier molecular flexibility index (Phi) is 5.20. The zero-order valence-corrected chi connectivity index (χ0v) is 17.2. The maximum absolute atomic E-state index is 13.2. The average molecular weight is 411 g/mol. The molecule has 3 aromatic rings. The molecule has 0 radical (unpaired) electrons. The minimum atomic E-state index is -0.120. The van der Waals surface area contributed by atoms with Gasteiger partial charge in [0.25, 0.3) is 5.56 Å². The van der Waals surface area contributed by atoms with Crippen LogP contribution in [0.25, 0.3) is 20.8 Å². The molecule has 2 fully saturated rings. The maximum atomic E-state index is 13.2. The van der Waals surface area contributed by atoms with Crippen molar-refractivity contribution >= 4 is 33.3 Å². The molecule has 0 bridgehead atoms. The second-order valence-corrected chi connectivity index (χ2v) is 8.87. The molecule has 2 aromatic heterocycles. The molecule has 5 rings (SSSR count). The summed E-state index contributed by atoms with van der Waals surface area (Å²) in [7, 11) is 0. The number of para-hydroxylation sites is 1. The Morgan fingerprint density at radius 3 is 2.76 bits per heavy atom. The summed E-state index contributed by atoms with van der Waals surface area (Å²) < 4.78 is 1.08. The van der Waals surface area contributed by atoms with Crippen molar-refractivity contribution in [2.24, 2.45) is 0 Å². The normalized spacial score (nSPS) is 20.1. The van der Waals surface area contributed by atoms with Gasteiger partial charge in [-0.1, -0.05) is 12.1 Å². The van der Waals surface area contributed by atoms with Crippen LogP contribution in [0, 0.1) is 0 Å². The van der Waals surface area contributed by atoms with Gasteiger partial charge in [0.1, 0.15) is 16.4 Å². The van der Waals surface area contributed by atoms with Crippen molar-refractivity contribution < 1.29 is 0 Å². The van der Waals surface area contributed by atoms with Crippen molar-refractivity contribution in [3.63, 3.8) is 0 Å². The summed E-state index contributed by atoms with van der Waals surface area (Å²) in [6, 6.07) is 8.26. The van der Waals surface area contributed by atoms with Crippen molar-refractivity contribution in [1.29, 1.82) is 0 Å². The topological polar surface area (TPSA) is 85.9 Å². The largest absolute Gasteiger partial charge is 0.365 e. The molecule has 2 aliphatic heterocycles. The number of thiazole rings is 1. The maximum Gasteiger partial charge on any atom is 0.264 e. The second-order valence-electron chi connectivity index (χ2n) is 7.84. The van der Waals surface area contributed by atoms with E-state index in [0.29, 0.717) is 17.3 Å². The fraction of sp³-hybridized carbons (Fsp3) is 0.476. The highest BCUT2D eigenvalue weighted by atomic mass is 32.1. The lowest BCUT2D eigenvalue weighted by atomic mass is 10.1. The van der Waals surface area contributed by atoms with Gasteiger partial charge in [0, 0.05) is 25.7 Å². The first-order valence-electron chi connectivity index (χ1n) is 10.5. The van der Waals surface area contributed by atoms with Crippen molar-refractivity contribution in [3.8, 4) is 10.6 Å². The van der Waals surface area contributed by atoms with Gasteiger partial charge in [-0.2, -0.15) is 4.98 Å². The van der Waals surface area contributed by atoms with Crippen LogP contribution in [0.3, 0.4) is 0 Å². The third-order valence-corrected chi connectivity index (χ3v) is 6.76. The first kappa shape index (κ1) is 18.6. The Bertz CT molecular complexity index is 1020. The standard InChI is InChI=1S/C21H26N6OS/c28-19-17(20-24-15-8-2-3-9-16(15)29-20)18(23-14-7-6-10-22-13-14)25-21(26-19)27-11-4-1-5-12-27/h2-3,8-9,14,22H,1,4-7,10-13H2,(H2,23,25,26,28)/t14-/m1/s1. The summed E-state index contributed by atoms with van der Waals surface area (Å²) in [6.45, 7) is 3.80. The minimum absolute atomic E-state index is 0.120. The first-order valence-corrected chi connectivity index (χ1v) is 11.3. The summed E-state index contributed by atoms with van der Waals surface area (Å²) >= 11 is 1.54. The van der Waals surface area contributed by atoms with Crippen LogP contribution in [0.2, 0.25) is 0 Å². The quantitative estimate of drug-likeness (QED) is 0.612. The first-order chi connectivity index (χ1) is 14.3. The van der Waals surface area contributed by atoms with E-state index in [-0.39, 0.29) is 11.6 Å². The van der Waals surface area contributed by atoms with Crippen LogP contribution in [-0.2, 0) is 0 Å². The Hall–Kier alpha value is -2.45. The Morgan fingerprint density at radius 2 is 1.97 bits per heavy atom. The summed E-state index contributed by atoms with van der Waals surface area (Å²) in [5, 5.41) is 7.71. The average Bonchev–Trinajstić information content (AvgIpc) is 3.18. The van der Waals surface area contributed by atoms with Crippen LogP contribution in [-0.4, -0.2) is 47.2 Å². The molecule has 1 atom stereocenters. The van der Waals surface area contributed by atoms with Crippen molar-refractivity contribution in [3.05, 3.63) is 34.6 Å². The van der Waals surface area contributed by atoms with E-state index in [4.69, 9.17) is 9.97 Å². The molecule has 2 saturated heterocycles. The van der Waals surface area contributed by atoms with E-state index in [0.717, 1.165) is 67.1 Å². The van der Waals surface area contributed by atoms with Gasteiger partial charge in [-0.15, -0.1) is 11.3 Å². The lowest BCUT2D eigenvalue weighted by Crippen LogP contribution is -2.39. The molecule has 8 heteroatoms. The number of nitrogens with one attached hydrogen (secondary N) is 3. The van der Waals surface area contributed by atoms with Crippen molar-refractivity contribution in [1.82, 2.24) is 20.3 Å². The fourth-order valence-corrected chi connectivity index (χ4v) is 5.18. The highest BCUT2D eigenvalue weighted by molar-refractivity contribution is 7.21. The van der Waals surface area contributed by atoms with Gasteiger partial charge in [0.05, 0.1) is 10.2 Å². The number of H-pyrrole nitrogens is 1. The van der Waals surface area contributed by atoms with E-state index in [1.165, 1.54) is 6.42 Å². The number of benzene rings is 1. The molecule has 7 nitrogen and oxygen atoms in total. The molecule has 29 heavy (non-hydrogen) atoms. The van der Waals surface area contributed by atoms with Gasteiger partial charge in [0.2, 0.25) is 5.95 Å². The molecule has 0 amide bonds. The lowest BCUT2D eigenvalue weighted by Gasteiger charge is -2.29. The second kappa shape index (κ2) is 8.12. The van der Waals surface area contributed by atoms with E-state index in [9.17, 15) is 4.79 Å². The molecule has 3 N–H and O–H groups in total. The number of piperidine rings is 2. The third kappa shape index (κ3) is 3.86. The van der Waals surface area contributed by atoms with E-state index >= 15 is 0 Å². The summed E-state index contributed by atoms with van der Waals surface area (Å²) in [5.74, 6) is 1.33. The number of anilines is 2. The van der Waals surface area contributed by atoms with Gasteiger partial charge in [-0.05, 0) is 50.8 Å². The van der Waals surface area contributed by atoms with E-state index < -0.39 is 0 Å². The third-order valence-electron chi connectivity index (χ3n) is 5.71. The van der Waals surface area contributed by atoms with Gasteiger partial charge >= 0.3 is 0 Å². The number of hydrogen-bond donors (Lipinski definition) is 3. The van der Waals surface area contributed by atoms with Crippen LogP contribution < -0.4 is 21.1 Å². The number of aromatic nitrogens is 3. The monoisotopic (exact) mass is 410 g/mol. The van der Waals surface area contributed by atoms with Gasteiger partial charge in [0.15, 0.2) is 0 Å². The molecule has 0 aliphatic carbocycles. The smallest absolute Gasteiger partial charge is 0.264 e. The van der Waals surface area contributed by atoms with Gasteiger partial charge in [-0.3, -0.25) is 9.78 Å². The zero-order chi connectivity index (χ0) is 19.6. The molecular weight excluding hydrogens is 384 g/mol. The molecule has 1 aromatic carbocycles. The Labute approximate surface area is 173 Å². The highest BCUT2D eigenvalue weighted by Crippen LogP contribution is 2.32. The molecule has 4 heterocycles. The molecular formula is C21H26N6OS. The van der Waals surface area contributed by atoms with Crippen LogP contribution in [0.4, 0.5) is 11.8 Å². The number of nitrogens with zero attached hydrogens (tertiary/aromatic N) is 3. The molecule has 0 unspecified atom stereocenters. The zero-order valence-electron chi connectivity index (χ0n) is 16.4. The van der Waals surface area contributed by atoms with E-state index in [1.807, 2.05) is 24.3 Å². The molecule has 0 spiro atoms. The van der Waals surface area contributed by atoms with Gasteiger partial charge < -0.3 is 15.5 Å². The van der Waals surface area contributed by atoms with Crippen molar-refractivity contribution in [2.45, 2.75) is 38.1 Å². The molecule has 0 saturated carbocycles. The number of aromatic amines is 1. The fourth-order valence-electron chi connectivity index (χ4n) is 4.17. The molecule has 2 aliphatic rings. The highest BCUT2D eigenvalue weighted by Gasteiger charge is 2.23. The van der Waals surface area contributed by atoms with E-state index in [2.05, 4.69) is 20.5 Å². The summed E-state index contributed by atoms with van der Waals surface area (Å²) in [5.41, 5.74) is 1.35. The molecule has 152 valence electrons. The predicted molar refractivity (Wildman–Crippen MR) is 119 cm³/mol. The lowest BCUT2D eigenvalue weighted by molar-refractivity contribution is 0.479. The Morgan fingerprint density at radius 1 is 1.10 bits per heavy atom. The predicted octanol–water partition coefficient (Wildman–Crippen LogP) is 3.20. The Balaban J connectivity index is 1.58. The number of hydrogen-bond acceptors (Lipinski definition) is 7. The van der Waals surface area contributed by atoms with Gasteiger partial charge in [-0.25, -0.2) is 4.98 Å². The SMILES string of the molecule is O=c1[nH]c(N2CCCCC2)nc(N[C@@H]2CCCNC2)c1-c1nc2ccccc2s1. The van der Waals surface area contributed by atoms with Crippen LogP contribution in [0.15, 0.2) is 29.1 Å². The summed E-state index contributed by atoms with van der Waals surface area (Å²) in [6.07, 6.45) is 5.71.